The number of halogens is 3. The van der Waals surface area contributed by atoms with Crippen LogP contribution in [-0.2, 0) is 0 Å². The lowest BCUT2D eigenvalue weighted by atomic mass is 10.1. The Balaban J connectivity index is 2.19. The lowest BCUT2D eigenvalue weighted by Crippen LogP contribution is -2.28. The Morgan fingerprint density at radius 1 is 1.05 bits per heavy atom. The van der Waals surface area contributed by atoms with Gasteiger partial charge in [0.05, 0.1) is 11.6 Å². The Kier molecular flexibility index (Phi) is 4.08. The Bertz CT molecular complexity index is 643. The highest BCUT2D eigenvalue weighted by Crippen LogP contribution is 2.19. The van der Waals surface area contributed by atoms with Crippen molar-refractivity contribution in [2.75, 3.05) is 0 Å². The van der Waals surface area contributed by atoms with E-state index in [1.54, 1.807) is 0 Å². The second-order valence-electron chi connectivity index (χ2n) is 4.34. The smallest absolute Gasteiger partial charge is 0.254 e. The topological polar surface area (TPSA) is 29.1 Å². The van der Waals surface area contributed by atoms with Gasteiger partial charge in [0.1, 0.15) is 17.5 Å². The van der Waals surface area contributed by atoms with E-state index in [2.05, 4.69) is 5.32 Å². The molecule has 2 aromatic rings. The van der Waals surface area contributed by atoms with Crippen molar-refractivity contribution in [3.63, 3.8) is 0 Å². The van der Waals surface area contributed by atoms with E-state index < -0.39 is 29.4 Å². The molecule has 20 heavy (non-hydrogen) atoms. The van der Waals surface area contributed by atoms with E-state index >= 15 is 0 Å². The molecule has 1 unspecified atom stereocenters. The summed E-state index contributed by atoms with van der Waals surface area (Å²) >= 11 is 0. The number of benzene rings is 2. The molecule has 0 radical (unpaired) electrons. The van der Waals surface area contributed by atoms with Crippen molar-refractivity contribution in [1.82, 2.24) is 5.32 Å². The summed E-state index contributed by atoms with van der Waals surface area (Å²) in [5, 5.41) is 2.44. The minimum Gasteiger partial charge on any atom is -0.345 e. The summed E-state index contributed by atoms with van der Waals surface area (Å²) < 4.78 is 40.1. The maximum Gasteiger partial charge on any atom is 0.254 e. The number of carbonyl (C=O) groups excluding carboxylic acids is 1. The van der Waals surface area contributed by atoms with Crippen molar-refractivity contribution in [1.29, 1.82) is 0 Å². The first-order valence-electron chi connectivity index (χ1n) is 5.99. The molecule has 0 heterocycles. The van der Waals surface area contributed by atoms with E-state index in [0.29, 0.717) is 0 Å². The van der Waals surface area contributed by atoms with Crippen LogP contribution in [0.15, 0.2) is 42.5 Å². The molecule has 0 spiro atoms. The van der Waals surface area contributed by atoms with Gasteiger partial charge in [0.2, 0.25) is 0 Å². The summed E-state index contributed by atoms with van der Waals surface area (Å²) in [4.78, 5) is 11.9. The van der Waals surface area contributed by atoms with Gasteiger partial charge in [0, 0.05) is 5.56 Å². The van der Waals surface area contributed by atoms with Crippen molar-refractivity contribution in [2.24, 2.45) is 0 Å². The van der Waals surface area contributed by atoms with Crippen molar-refractivity contribution in [2.45, 2.75) is 13.0 Å². The van der Waals surface area contributed by atoms with Crippen molar-refractivity contribution in [3.05, 3.63) is 71.0 Å². The van der Waals surface area contributed by atoms with Crippen LogP contribution in [-0.4, -0.2) is 5.91 Å². The average Bonchev–Trinajstić information content (AvgIpc) is 2.41. The van der Waals surface area contributed by atoms with Crippen LogP contribution in [0.5, 0.6) is 0 Å². The first-order valence-corrected chi connectivity index (χ1v) is 5.99. The molecule has 0 aliphatic rings. The number of amides is 1. The summed E-state index contributed by atoms with van der Waals surface area (Å²) in [7, 11) is 0. The van der Waals surface area contributed by atoms with Crippen molar-refractivity contribution < 1.29 is 18.0 Å². The maximum absolute atomic E-state index is 13.6. The standard InChI is InChI=1S/C15H12F3NO/c1-9(12-8-10(16)6-7-14(12)18)19-15(20)11-4-2-3-5-13(11)17/h2-9H,1H3,(H,19,20). The zero-order valence-corrected chi connectivity index (χ0v) is 10.7. The largest absolute Gasteiger partial charge is 0.345 e. The fourth-order valence-electron chi connectivity index (χ4n) is 1.84. The molecule has 104 valence electrons. The zero-order chi connectivity index (χ0) is 14.7. The molecule has 2 aromatic carbocycles. The van der Waals surface area contributed by atoms with Crippen LogP contribution in [0.3, 0.4) is 0 Å². The van der Waals surface area contributed by atoms with Crippen LogP contribution in [0.25, 0.3) is 0 Å². The normalized spacial score (nSPS) is 12.0. The third-order valence-electron chi connectivity index (χ3n) is 2.89. The summed E-state index contributed by atoms with van der Waals surface area (Å²) in [6, 6.07) is 7.65. The Hall–Kier alpha value is -2.30. The fourth-order valence-corrected chi connectivity index (χ4v) is 1.84. The highest BCUT2D eigenvalue weighted by molar-refractivity contribution is 5.94. The van der Waals surface area contributed by atoms with Gasteiger partial charge in [-0.05, 0) is 37.3 Å². The molecular formula is C15H12F3NO. The molecule has 1 N–H and O–H groups in total. The molecule has 0 aromatic heterocycles. The first-order chi connectivity index (χ1) is 9.49. The van der Waals surface area contributed by atoms with Crippen LogP contribution in [0, 0.1) is 17.5 Å². The number of carbonyl (C=O) groups is 1. The van der Waals surface area contributed by atoms with Crippen LogP contribution in [0.1, 0.15) is 28.9 Å². The minimum absolute atomic E-state index is 0.00897. The zero-order valence-electron chi connectivity index (χ0n) is 10.7. The van der Waals surface area contributed by atoms with Gasteiger partial charge in [0.25, 0.3) is 5.91 Å². The van der Waals surface area contributed by atoms with E-state index in [1.807, 2.05) is 0 Å². The number of hydrogen-bond donors (Lipinski definition) is 1. The number of rotatable bonds is 3. The van der Waals surface area contributed by atoms with Gasteiger partial charge in [0.15, 0.2) is 0 Å². The molecule has 0 aliphatic carbocycles. The Labute approximate surface area is 114 Å². The predicted molar refractivity (Wildman–Crippen MR) is 68.6 cm³/mol. The van der Waals surface area contributed by atoms with Gasteiger partial charge < -0.3 is 5.32 Å². The predicted octanol–water partition coefficient (Wildman–Crippen LogP) is 3.59. The second kappa shape index (κ2) is 5.77. The SMILES string of the molecule is CC(NC(=O)c1ccccc1F)c1cc(F)ccc1F. The summed E-state index contributed by atoms with van der Waals surface area (Å²) in [5.74, 6) is -2.59. The Morgan fingerprint density at radius 3 is 2.45 bits per heavy atom. The molecule has 0 aliphatic heterocycles. The van der Waals surface area contributed by atoms with Gasteiger partial charge in [-0.3, -0.25) is 4.79 Å². The first kappa shape index (κ1) is 14.1. The molecule has 0 saturated carbocycles. The monoisotopic (exact) mass is 279 g/mol. The minimum atomic E-state index is -0.780. The second-order valence-corrected chi connectivity index (χ2v) is 4.34. The molecular weight excluding hydrogens is 267 g/mol. The molecule has 5 heteroatoms. The average molecular weight is 279 g/mol. The van der Waals surface area contributed by atoms with Gasteiger partial charge in [-0.15, -0.1) is 0 Å². The summed E-state index contributed by atoms with van der Waals surface area (Å²) in [5.41, 5.74) is -0.133. The summed E-state index contributed by atoms with van der Waals surface area (Å²) in [6.45, 7) is 1.50. The van der Waals surface area contributed by atoms with Gasteiger partial charge in [-0.2, -0.15) is 0 Å². The quantitative estimate of drug-likeness (QED) is 0.914. The molecule has 1 atom stereocenters. The lowest BCUT2D eigenvalue weighted by molar-refractivity contribution is 0.0935. The van der Waals surface area contributed by atoms with E-state index in [0.717, 1.165) is 24.3 Å². The van der Waals surface area contributed by atoms with Crippen molar-refractivity contribution in [3.8, 4) is 0 Å². The van der Waals surface area contributed by atoms with Crippen molar-refractivity contribution >= 4 is 5.91 Å². The molecule has 1 amide bonds. The fraction of sp³-hybridized carbons (Fsp3) is 0.133. The highest BCUT2D eigenvalue weighted by atomic mass is 19.1. The Morgan fingerprint density at radius 2 is 1.75 bits per heavy atom. The van der Waals surface area contributed by atoms with Crippen LogP contribution in [0.2, 0.25) is 0 Å². The van der Waals surface area contributed by atoms with E-state index in [1.165, 1.54) is 25.1 Å². The molecule has 2 rings (SSSR count). The number of hydrogen-bond acceptors (Lipinski definition) is 1. The number of nitrogens with one attached hydrogen (secondary N) is 1. The van der Waals surface area contributed by atoms with Gasteiger partial charge in [-0.1, -0.05) is 12.1 Å². The maximum atomic E-state index is 13.6. The molecule has 0 saturated heterocycles. The van der Waals surface area contributed by atoms with Crippen LogP contribution in [0.4, 0.5) is 13.2 Å². The third-order valence-corrected chi connectivity index (χ3v) is 2.89. The van der Waals surface area contributed by atoms with E-state index in [4.69, 9.17) is 0 Å². The van der Waals surface area contributed by atoms with E-state index in [9.17, 15) is 18.0 Å². The third kappa shape index (κ3) is 2.99. The van der Waals surface area contributed by atoms with Gasteiger partial charge in [-0.25, -0.2) is 13.2 Å². The molecule has 0 bridgehead atoms. The molecule has 0 fully saturated rings. The lowest BCUT2D eigenvalue weighted by Gasteiger charge is -2.15. The van der Waals surface area contributed by atoms with Crippen LogP contribution >= 0.6 is 0 Å². The summed E-state index contributed by atoms with van der Waals surface area (Å²) in [6.07, 6.45) is 0. The molecule has 2 nitrogen and oxygen atoms in total. The van der Waals surface area contributed by atoms with E-state index in [-0.39, 0.29) is 11.1 Å². The van der Waals surface area contributed by atoms with Gasteiger partial charge >= 0.3 is 0 Å². The van der Waals surface area contributed by atoms with Crippen LogP contribution < -0.4 is 5.32 Å². The highest BCUT2D eigenvalue weighted by Gasteiger charge is 2.17.